The summed E-state index contributed by atoms with van der Waals surface area (Å²) in [6, 6.07) is 4.12. The van der Waals surface area contributed by atoms with Crippen molar-refractivity contribution in [1.29, 1.82) is 0 Å². The van der Waals surface area contributed by atoms with Gasteiger partial charge >= 0.3 is 5.97 Å². The van der Waals surface area contributed by atoms with Crippen molar-refractivity contribution in [2.45, 2.75) is 37.7 Å². The van der Waals surface area contributed by atoms with E-state index in [-0.39, 0.29) is 4.90 Å². The standard InChI is InChI=1S/C12H15ClO5S/c1-3-8-7-9(19(13,16)17)5-6-11(8)18-10(4-2)12(14)15/h5-7,10H,3-4H2,1-2H3,(H,14,15). The molecule has 19 heavy (non-hydrogen) atoms. The quantitative estimate of drug-likeness (QED) is 0.816. The van der Waals surface area contributed by atoms with E-state index in [1.54, 1.807) is 6.92 Å². The first-order valence-electron chi connectivity index (χ1n) is 5.76. The van der Waals surface area contributed by atoms with Gasteiger partial charge in [0, 0.05) is 10.7 Å². The molecule has 5 nitrogen and oxygen atoms in total. The lowest BCUT2D eigenvalue weighted by Gasteiger charge is -2.16. The molecule has 0 aromatic heterocycles. The summed E-state index contributed by atoms with van der Waals surface area (Å²) in [5.74, 6) is -0.695. The molecule has 0 heterocycles. The molecule has 106 valence electrons. The molecule has 0 aliphatic heterocycles. The first-order chi connectivity index (χ1) is 8.79. The molecule has 1 atom stereocenters. The lowest BCUT2D eigenvalue weighted by atomic mass is 10.1. The number of rotatable bonds is 6. The summed E-state index contributed by atoms with van der Waals surface area (Å²) in [4.78, 5) is 10.9. The summed E-state index contributed by atoms with van der Waals surface area (Å²) < 4.78 is 27.8. The van der Waals surface area contributed by atoms with Crippen LogP contribution >= 0.6 is 10.7 Å². The second-order valence-electron chi connectivity index (χ2n) is 3.91. The van der Waals surface area contributed by atoms with Crippen LogP contribution in [0.5, 0.6) is 5.75 Å². The third-order valence-electron chi connectivity index (χ3n) is 2.61. The monoisotopic (exact) mass is 306 g/mol. The zero-order valence-electron chi connectivity index (χ0n) is 10.6. The van der Waals surface area contributed by atoms with Crippen LogP contribution in [0.15, 0.2) is 23.1 Å². The molecule has 1 rings (SSSR count). The van der Waals surface area contributed by atoms with Crippen molar-refractivity contribution in [3.63, 3.8) is 0 Å². The lowest BCUT2D eigenvalue weighted by molar-refractivity contribution is -0.145. The van der Waals surface area contributed by atoms with Gasteiger partial charge in [-0.3, -0.25) is 0 Å². The number of carbonyl (C=O) groups is 1. The zero-order valence-corrected chi connectivity index (χ0v) is 12.2. The Morgan fingerprint density at radius 3 is 2.47 bits per heavy atom. The smallest absolute Gasteiger partial charge is 0.344 e. The SMILES string of the molecule is CCc1cc(S(=O)(=O)Cl)ccc1OC(CC)C(=O)O. The van der Waals surface area contributed by atoms with E-state index in [0.29, 0.717) is 24.2 Å². The summed E-state index contributed by atoms with van der Waals surface area (Å²) >= 11 is 0. The van der Waals surface area contributed by atoms with Gasteiger partial charge in [-0.05, 0) is 36.6 Å². The van der Waals surface area contributed by atoms with Gasteiger partial charge in [-0.15, -0.1) is 0 Å². The Bertz CT molecular complexity index is 567. The second kappa shape index (κ2) is 6.25. The van der Waals surface area contributed by atoms with Crippen molar-refractivity contribution in [3.8, 4) is 5.75 Å². The van der Waals surface area contributed by atoms with Crippen LogP contribution in [0.25, 0.3) is 0 Å². The van der Waals surface area contributed by atoms with Gasteiger partial charge in [-0.25, -0.2) is 13.2 Å². The molecule has 0 amide bonds. The molecule has 0 aliphatic rings. The number of benzene rings is 1. The highest BCUT2D eigenvalue weighted by molar-refractivity contribution is 8.13. The fourth-order valence-electron chi connectivity index (χ4n) is 1.56. The van der Waals surface area contributed by atoms with Gasteiger partial charge in [0.2, 0.25) is 0 Å². The van der Waals surface area contributed by atoms with Gasteiger partial charge < -0.3 is 9.84 Å². The first kappa shape index (κ1) is 15.8. The van der Waals surface area contributed by atoms with Crippen LogP contribution in [0.1, 0.15) is 25.8 Å². The minimum absolute atomic E-state index is 0.0262. The summed E-state index contributed by atoms with van der Waals surface area (Å²) in [7, 11) is 1.46. The summed E-state index contributed by atoms with van der Waals surface area (Å²) in [6.07, 6.45) is -0.136. The molecule has 0 saturated carbocycles. The highest BCUT2D eigenvalue weighted by Gasteiger charge is 2.19. The average molecular weight is 307 g/mol. The van der Waals surface area contributed by atoms with Crippen LogP contribution in [-0.4, -0.2) is 25.6 Å². The molecule has 0 bridgehead atoms. The van der Waals surface area contributed by atoms with Crippen LogP contribution in [0.4, 0.5) is 0 Å². The predicted molar refractivity (Wildman–Crippen MR) is 71.2 cm³/mol. The van der Waals surface area contributed by atoms with Gasteiger partial charge in [-0.1, -0.05) is 13.8 Å². The fraction of sp³-hybridized carbons (Fsp3) is 0.417. The number of carboxylic acids is 1. The molecular formula is C12H15ClO5S. The first-order valence-corrected chi connectivity index (χ1v) is 8.07. The Morgan fingerprint density at radius 2 is 2.05 bits per heavy atom. The molecule has 7 heteroatoms. The third-order valence-corrected chi connectivity index (χ3v) is 3.96. The van der Waals surface area contributed by atoms with Crippen molar-refractivity contribution < 1.29 is 23.1 Å². The van der Waals surface area contributed by atoms with Crippen LogP contribution in [-0.2, 0) is 20.3 Å². The molecule has 1 N–H and O–H groups in total. The Balaban J connectivity index is 3.13. The lowest BCUT2D eigenvalue weighted by Crippen LogP contribution is -2.26. The van der Waals surface area contributed by atoms with Crippen molar-refractivity contribution in [2.75, 3.05) is 0 Å². The molecule has 1 aromatic rings. The number of halogens is 1. The normalized spacial score (nSPS) is 13.0. The molecule has 0 aliphatic carbocycles. The maximum absolute atomic E-state index is 11.2. The number of carboxylic acid groups (broad SMARTS) is 1. The van der Waals surface area contributed by atoms with Gasteiger partial charge in [-0.2, -0.15) is 0 Å². The molecule has 1 unspecified atom stereocenters. The largest absolute Gasteiger partial charge is 0.479 e. The van der Waals surface area contributed by atoms with Crippen LogP contribution in [0.2, 0.25) is 0 Å². The third kappa shape index (κ3) is 4.11. The van der Waals surface area contributed by atoms with E-state index >= 15 is 0 Å². The van der Waals surface area contributed by atoms with Gasteiger partial charge in [0.05, 0.1) is 4.90 Å². The zero-order chi connectivity index (χ0) is 14.6. The van der Waals surface area contributed by atoms with E-state index < -0.39 is 21.1 Å². The van der Waals surface area contributed by atoms with Crippen molar-refractivity contribution >= 4 is 25.7 Å². The van der Waals surface area contributed by atoms with Crippen LogP contribution < -0.4 is 4.74 Å². The summed E-state index contributed by atoms with van der Waals surface area (Å²) in [5.41, 5.74) is 0.599. The van der Waals surface area contributed by atoms with E-state index in [2.05, 4.69) is 0 Å². The van der Waals surface area contributed by atoms with E-state index in [1.165, 1.54) is 18.2 Å². The fourth-order valence-corrected chi connectivity index (χ4v) is 2.36. The second-order valence-corrected chi connectivity index (χ2v) is 6.48. The van der Waals surface area contributed by atoms with E-state index in [4.69, 9.17) is 20.5 Å². The van der Waals surface area contributed by atoms with Crippen molar-refractivity contribution in [3.05, 3.63) is 23.8 Å². The summed E-state index contributed by atoms with van der Waals surface area (Å²) in [6.45, 7) is 3.51. The van der Waals surface area contributed by atoms with Gasteiger partial charge in [0.1, 0.15) is 5.75 Å². The maximum atomic E-state index is 11.2. The molecule has 0 fully saturated rings. The van der Waals surface area contributed by atoms with Crippen molar-refractivity contribution in [2.24, 2.45) is 0 Å². The van der Waals surface area contributed by atoms with Gasteiger partial charge in [0.25, 0.3) is 9.05 Å². The van der Waals surface area contributed by atoms with Crippen LogP contribution in [0, 0.1) is 0 Å². The summed E-state index contributed by atoms with van der Waals surface area (Å²) in [5, 5.41) is 8.94. The minimum Gasteiger partial charge on any atom is -0.479 e. The van der Waals surface area contributed by atoms with E-state index in [9.17, 15) is 13.2 Å². The van der Waals surface area contributed by atoms with Gasteiger partial charge in [0.15, 0.2) is 6.10 Å². The maximum Gasteiger partial charge on any atom is 0.344 e. The predicted octanol–water partition coefficient (Wildman–Crippen LogP) is 2.42. The molecule has 1 aromatic carbocycles. The Kier molecular flexibility index (Phi) is 5.20. The topological polar surface area (TPSA) is 80.7 Å². The number of hydrogen-bond donors (Lipinski definition) is 1. The molecule has 0 saturated heterocycles. The molecular weight excluding hydrogens is 292 g/mol. The number of ether oxygens (including phenoxy) is 1. The van der Waals surface area contributed by atoms with Crippen LogP contribution in [0.3, 0.4) is 0 Å². The Labute approximate surface area is 116 Å². The number of aliphatic carboxylic acids is 1. The van der Waals surface area contributed by atoms with E-state index in [1.807, 2.05) is 6.92 Å². The van der Waals surface area contributed by atoms with Crippen molar-refractivity contribution in [1.82, 2.24) is 0 Å². The molecule has 0 spiro atoms. The highest BCUT2D eigenvalue weighted by Crippen LogP contribution is 2.26. The minimum atomic E-state index is -3.80. The number of hydrogen-bond acceptors (Lipinski definition) is 4. The Hall–Kier alpha value is -1.27. The Morgan fingerprint density at radius 1 is 1.42 bits per heavy atom. The average Bonchev–Trinajstić information content (AvgIpc) is 2.34. The number of aryl methyl sites for hydroxylation is 1. The van der Waals surface area contributed by atoms with E-state index in [0.717, 1.165) is 0 Å². The molecule has 0 radical (unpaired) electrons. The highest BCUT2D eigenvalue weighted by atomic mass is 35.7.